The lowest BCUT2D eigenvalue weighted by atomic mass is 9.94. The second kappa shape index (κ2) is 18.9. The number of rotatable bonds is 15. The first-order chi connectivity index (χ1) is 29.9. The summed E-state index contributed by atoms with van der Waals surface area (Å²) >= 11 is 2.92. The molecule has 8 rings (SSSR count). The van der Waals surface area contributed by atoms with Gasteiger partial charge in [-0.3, -0.25) is 19.8 Å². The van der Waals surface area contributed by atoms with Gasteiger partial charge in [0.15, 0.2) is 15.0 Å². The molecule has 62 heavy (non-hydrogen) atoms. The largest absolute Gasteiger partial charge is 0.380 e. The summed E-state index contributed by atoms with van der Waals surface area (Å²) in [7, 11) is -8.49. The molecular formula is C43H44N8O7S4. The van der Waals surface area contributed by atoms with E-state index in [1.165, 1.54) is 29.5 Å². The molecule has 5 heterocycles. The van der Waals surface area contributed by atoms with E-state index in [0.717, 1.165) is 48.0 Å². The third-order valence-corrected chi connectivity index (χ3v) is 15.1. The van der Waals surface area contributed by atoms with Crippen molar-refractivity contribution in [2.24, 2.45) is 0 Å². The van der Waals surface area contributed by atoms with Crippen molar-refractivity contribution >= 4 is 81.8 Å². The number of sulfone groups is 1. The van der Waals surface area contributed by atoms with Crippen molar-refractivity contribution in [3.63, 3.8) is 0 Å². The maximum atomic E-state index is 13.7. The summed E-state index contributed by atoms with van der Waals surface area (Å²) in [6.45, 7) is 4.55. The number of hydrogen-bond donors (Lipinski definition) is 3. The standard InChI is InChI=1S/C43H44N8O7S4/c1-61(54,55)38-26-32(15-16-35(38)45-30(18-20-50-22-24-58-25-23-50)28-59-31-9-3-2-4-10-31)62(56,57)49-41(53)36-12-6-14-39(46-36)51-21-17-29-8-5-11-33(34(29)27-51)40(52)48-43-47-37-13-7-19-44-42(37)60-43/h2-16,19,26,30,45H,17-18,20-25,27-28H2,1H3,(H,49,53)(H,47,48,52)/t30-/m1/s1. The lowest BCUT2D eigenvalue weighted by Crippen LogP contribution is -2.39. The molecule has 2 amide bonds. The van der Waals surface area contributed by atoms with Crippen molar-refractivity contribution in [2.45, 2.75) is 40.1 Å². The Morgan fingerprint density at radius 2 is 1.69 bits per heavy atom. The number of nitrogens with one attached hydrogen (secondary N) is 3. The van der Waals surface area contributed by atoms with Crippen LogP contribution >= 0.6 is 23.1 Å². The zero-order valence-corrected chi connectivity index (χ0v) is 37.0. The summed E-state index contributed by atoms with van der Waals surface area (Å²) in [5.74, 6) is -0.262. The highest BCUT2D eigenvalue weighted by Crippen LogP contribution is 2.31. The number of benzene rings is 3. The van der Waals surface area contributed by atoms with Gasteiger partial charge in [-0.1, -0.05) is 47.7 Å². The molecule has 0 aliphatic carbocycles. The van der Waals surface area contributed by atoms with E-state index in [9.17, 15) is 26.4 Å². The highest BCUT2D eigenvalue weighted by molar-refractivity contribution is 7.99. The molecule has 19 heteroatoms. The number of fused-ring (bicyclic) bond motifs is 2. The monoisotopic (exact) mass is 912 g/mol. The molecule has 2 aliphatic rings. The van der Waals surface area contributed by atoms with Gasteiger partial charge in [0, 0.05) is 67.4 Å². The molecule has 2 aliphatic heterocycles. The molecule has 15 nitrogen and oxygen atoms in total. The SMILES string of the molecule is CS(=O)(=O)c1cc(S(=O)(=O)NC(=O)c2cccc(N3CCc4cccc(C(=O)Nc5nc6cccnc6s5)c4C3)n2)ccc1N[C@H](CCN1CCOCC1)CSc1ccccc1. The average molecular weight is 913 g/mol. The topological polar surface area (TPSA) is 193 Å². The minimum Gasteiger partial charge on any atom is -0.380 e. The second-order valence-electron chi connectivity index (χ2n) is 14.9. The smallest absolute Gasteiger partial charge is 0.283 e. The van der Waals surface area contributed by atoms with Crippen LogP contribution in [-0.2, 0) is 37.6 Å². The van der Waals surface area contributed by atoms with Gasteiger partial charge >= 0.3 is 0 Å². The van der Waals surface area contributed by atoms with Crippen LogP contribution in [0.5, 0.6) is 0 Å². The van der Waals surface area contributed by atoms with Gasteiger partial charge in [0.25, 0.3) is 21.8 Å². The van der Waals surface area contributed by atoms with Crippen LogP contribution in [0.15, 0.2) is 118 Å². The number of morpholine rings is 1. The quantitative estimate of drug-likeness (QED) is 0.106. The Morgan fingerprint density at radius 3 is 2.48 bits per heavy atom. The van der Waals surface area contributed by atoms with Crippen molar-refractivity contribution in [3.05, 3.63) is 126 Å². The number of carbonyl (C=O) groups excluding carboxylic acids is 2. The number of sulfonamides is 1. The first kappa shape index (κ1) is 43.2. The van der Waals surface area contributed by atoms with E-state index in [2.05, 4.69) is 35.2 Å². The van der Waals surface area contributed by atoms with Crippen LogP contribution in [0.25, 0.3) is 10.3 Å². The van der Waals surface area contributed by atoms with Crippen LogP contribution in [0.2, 0.25) is 0 Å². The van der Waals surface area contributed by atoms with Crippen molar-refractivity contribution < 1.29 is 31.2 Å². The highest BCUT2D eigenvalue weighted by Gasteiger charge is 2.27. The van der Waals surface area contributed by atoms with Crippen LogP contribution in [0.1, 0.15) is 38.4 Å². The molecular weight excluding hydrogens is 869 g/mol. The fraction of sp³-hybridized carbons (Fsp3) is 0.279. The summed E-state index contributed by atoms with van der Waals surface area (Å²) in [6, 6.07) is 27.4. The molecule has 0 spiro atoms. The molecule has 0 unspecified atom stereocenters. The normalized spacial score (nSPS) is 15.1. The van der Waals surface area contributed by atoms with E-state index >= 15 is 0 Å². The number of hydrogen-bond acceptors (Lipinski definition) is 15. The molecule has 0 saturated carbocycles. The van der Waals surface area contributed by atoms with Gasteiger partial charge in [-0.15, -0.1) is 11.8 Å². The van der Waals surface area contributed by atoms with E-state index in [0.29, 0.717) is 71.8 Å². The minimum atomic E-state index is -4.55. The summed E-state index contributed by atoms with van der Waals surface area (Å²) in [5.41, 5.74) is 3.08. The van der Waals surface area contributed by atoms with Crippen molar-refractivity contribution in [1.29, 1.82) is 0 Å². The summed E-state index contributed by atoms with van der Waals surface area (Å²) in [4.78, 5) is 45.8. The van der Waals surface area contributed by atoms with E-state index in [1.807, 2.05) is 53.4 Å². The molecule has 0 radical (unpaired) electrons. The van der Waals surface area contributed by atoms with E-state index in [4.69, 9.17) is 4.74 Å². The molecule has 322 valence electrons. The average Bonchev–Trinajstić information content (AvgIpc) is 3.69. The maximum Gasteiger partial charge on any atom is 0.283 e. The van der Waals surface area contributed by atoms with Crippen molar-refractivity contribution in [1.82, 2.24) is 24.6 Å². The molecule has 3 aromatic carbocycles. The fourth-order valence-electron chi connectivity index (χ4n) is 7.33. The first-order valence-corrected chi connectivity index (χ1v) is 25.1. The van der Waals surface area contributed by atoms with Gasteiger partial charge in [0.1, 0.15) is 21.9 Å². The van der Waals surface area contributed by atoms with Crippen molar-refractivity contribution in [3.8, 4) is 0 Å². The Bertz CT molecular complexity index is 2790. The van der Waals surface area contributed by atoms with Gasteiger partial charge in [-0.25, -0.2) is 36.5 Å². The third-order valence-electron chi connectivity index (χ3n) is 10.5. The van der Waals surface area contributed by atoms with Gasteiger partial charge in [0.2, 0.25) is 0 Å². The minimum absolute atomic E-state index is 0.159. The van der Waals surface area contributed by atoms with Crippen LogP contribution in [0.3, 0.4) is 0 Å². The second-order valence-corrected chi connectivity index (χ2v) is 20.6. The molecule has 1 atom stereocenters. The highest BCUT2D eigenvalue weighted by atomic mass is 32.2. The molecule has 0 bridgehead atoms. The van der Waals surface area contributed by atoms with Gasteiger partial charge in [-0.2, -0.15) is 0 Å². The number of anilines is 3. The first-order valence-electron chi connectivity index (χ1n) is 19.9. The predicted molar refractivity (Wildman–Crippen MR) is 241 cm³/mol. The third kappa shape index (κ3) is 10.4. The Labute approximate surface area is 368 Å². The summed E-state index contributed by atoms with van der Waals surface area (Å²) < 4.78 is 61.4. The van der Waals surface area contributed by atoms with Crippen LogP contribution in [-0.4, -0.2) is 106 Å². The molecule has 3 N–H and O–H groups in total. The number of aromatic nitrogens is 3. The van der Waals surface area contributed by atoms with Crippen molar-refractivity contribution in [2.75, 3.05) is 66.9 Å². The Morgan fingerprint density at radius 1 is 0.887 bits per heavy atom. The number of nitrogens with zero attached hydrogens (tertiary/aromatic N) is 5. The molecule has 3 aromatic heterocycles. The van der Waals surface area contributed by atoms with E-state index in [-0.39, 0.29) is 28.2 Å². The number of pyridine rings is 2. The molecule has 6 aromatic rings. The Balaban J connectivity index is 0.965. The predicted octanol–water partition coefficient (Wildman–Crippen LogP) is 5.72. The number of carbonyl (C=O) groups is 2. The van der Waals surface area contributed by atoms with Gasteiger partial charge in [-0.05, 0) is 84.6 Å². The zero-order valence-electron chi connectivity index (χ0n) is 33.7. The fourth-order valence-corrected chi connectivity index (χ4v) is 11.1. The number of amides is 2. The number of ether oxygens (including phenoxy) is 1. The Hall–Kier alpha value is -5.44. The van der Waals surface area contributed by atoms with Gasteiger partial charge in [0.05, 0.1) is 28.7 Å². The van der Waals surface area contributed by atoms with E-state index in [1.54, 1.807) is 42.2 Å². The van der Waals surface area contributed by atoms with Crippen LogP contribution < -0.4 is 20.3 Å². The number of thiazole rings is 1. The summed E-state index contributed by atoms with van der Waals surface area (Å²) in [5, 5.41) is 6.73. The Kier molecular flexibility index (Phi) is 13.2. The van der Waals surface area contributed by atoms with Gasteiger partial charge < -0.3 is 15.0 Å². The molecule has 1 saturated heterocycles. The van der Waals surface area contributed by atoms with E-state index < -0.39 is 30.7 Å². The lowest BCUT2D eigenvalue weighted by molar-refractivity contribution is 0.0370. The van der Waals surface area contributed by atoms with Crippen LogP contribution in [0.4, 0.5) is 16.6 Å². The maximum absolute atomic E-state index is 13.7. The zero-order chi connectivity index (χ0) is 43.3. The summed E-state index contributed by atoms with van der Waals surface area (Å²) in [6.07, 6.45) is 4.00. The lowest BCUT2D eigenvalue weighted by Gasteiger charge is -2.31. The van der Waals surface area contributed by atoms with Crippen LogP contribution in [0, 0.1) is 0 Å². The number of thioether (sulfide) groups is 1. The molecule has 1 fully saturated rings.